The summed E-state index contributed by atoms with van der Waals surface area (Å²) >= 11 is 3.21. The molecule has 0 saturated carbocycles. The van der Waals surface area contributed by atoms with Gasteiger partial charge in [-0.05, 0) is 17.7 Å². The van der Waals surface area contributed by atoms with Crippen LogP contribution in [0.4, 0.5) is 0 Å². The maximum atomic E-state index is 11.8. The van der Waals surface area contributed by atoms with Crippen LogP contribution in [0, 0.1) is 0 Å². The quantitative estimate of drug-likeness (QED) is 0.469. The summed E-state index contributed by atoms with van der Waals surface area (Å²) < 4.78 is 14.4. The van der Waals surface area contributed by atoms with Crippen LogP contribution in [-0.4, -0.2) is 39.2 Å². The molecule has 0 spiro atoms. The van der Waals surface area contributed by atoms with Crippen LogP contribution in [0.3, 0.4) is 0 Å². The molecule has 20 heavy (non-hydrogen) atoms. The fourth-order valence-corrected chi connectivity index (χ4v) is 2.01. The minimum atomic E-state index is -1.34. The molecule has 0 aliphatic heterocycles. The van der Waals surface area contributed by atoms with Crippen LogP contribution in [0.1, 0.15) is 21.8 Å². The van der Waals surface area contributed by atoms with E-state index in [0.717, 1.165) is 14.2 Å². The molecule has 0 saturated heterocycles. The summed E-state index contributed by atoms with van der Waals surface area (Å²) in [4.78, 5) is 35.3. The Bertz CT molecular complexity index is 524. The molecule has 0 heterocycles. The first kappa shape index (κ1) is 16.2. The fourth-order valence-electron chi connectivity index (χ4n) is 1.65. The molecule has 0 aromatic heterocycles. The first-order valence-electron chi connectivity index (χ1n) is 5.49. The summed E-state index contributed by atoms with van der Waals surface area (Å²) in [5, 5.41) is 0. The summed E-state index contributed by atoms with van der Waals surface area (Å²) in [6, 6.07) is 4.52. The van der Waals surface area contributed by atoms with E-state index in [1.165, 1.54) is 19.2 Å². The van der Waals surface area contributed by atoms with Crippen molar-refractivity contribution in [1.29, 1.82) is 0 Å². The van der Waals surface area contributed by atoms with E-state index in [1.54, 1.807) is 6.07 Å². The molecular weight excluding hydrogens is 332 g/mol. The van der Waals surface area contributed by atoms with Gasteiger partial charge in [0, 0.05) is 4.47 Å². The van der Waals surface area contributed by atoms with Crippen molar-refractivity contribution in [3.8, 4) is 0 Å². The Kier molecular flexibility index (Phi) is 5.69. The van der Waals surface area contributed by atoms with Crippen LogP contribution in [0.15, 0.2) is 22.7 Å². The maximum Gasteiger partial charge on any atom is 0.338 e. The minimum Gasteiger partial charge on any atom is -0.468 e. The molecule has 0 aliphatic rings. The van der Waals surface area contributed by atoms with Crippen LogP contribution in [0.25, 0.3) is 0 Å². The van der Waals surface area contributed by atoms with E-state index in [4.69, 9.17) is 0 Å². The number of esters is 3. The monoisotopic (exact) mass is 344 g/mol. The molecule has 0 amide bonds. The number of hydrogen-bond acceptors (Lipinski definition) is 6. The predicted octanol–water partition coefficient (Wildman–Crippen LogP) is 1.67. The van der Waals surface area contributed by atoms with Crippen LogP contribution in [-0.2, 0) is 23.8 Å². The largest absolute Gasteiger partial charge is 0.468 e. The van der Waals surface area contributed by atoms with Gasteiger partial charge in [0.15, 0.2) is 5.92 Å². The van der Waals surface area contributed by atoms with E-state index in [1.807, 2.05) is 0 Å². The molecule has 7 heteroatoms. The number of ether oxygens (including phenoxy) is 3. The van der Waals surface area contributed by atoms with Crippen molar-refractivity contribution in [2.45, 2.75) is 5.92 Å². The SMILES string of the molecule is COC(=O)c1cc(Br)ccc1C(C(=O)OC)C(=O)OC. The van der Waals surface area contributed by atoms with Gasteiger partial charge >= 0.3 is 17.9 Å². The van der Waals surface area contributed by atoms with E-state index in [9.17, 15) is 14.4 Å². The Morgan fingerprint density at radius 3 is 2.00 bits per heavy atom. The number of hydrogen-bond donors (Lipinski definition) is 0. The molecule has 6 nitrogen and oxygen atoms in total. The number of benzene rings is 1. The molecular formula is C13H13BrO6. The normalized spacial score (nSPS) is 10.1. The third kappa shape index (κ3) is 3.36. The third-order valence-electron chi connectivity index (χ3n) is 2.61. The van der Waals surface area contributed by atoms with Crippen molar-refractivity contribution in [1.82, 2.24) is 0 Å². The molecule has 108 valence electrons. The average Bonchev–Trinajstić information content (AvgIpc) is 2.47. The van der Waals surface area contributed by atoms with Gasteiger partial charge in [-0.1, -0.05) is 22.0 Å². The van der Waals surface area contributed by atoms with Gasteiger partial charge in [-0.15, -0.1) is 0 Å². The lowest BCUT2D eigenvalue weighted by Gasteiger charge is -2.16. The fraction of sp³-hybridized carbons (Fsp3) is 0.308. The molecule has 1 rings (SSSR count). The zero-order valence-corrected chi connectivity index (χ0v) is 12.7. The lowest BCUT2D eigenvalue weighted by molar-refractivity contribution is -0.154. The van der Waals surface area contributed by atoms with E-state index in [-0.39, 0.29) is 11.1 Å². The van der Waals surface area contributed by atoms with Crippen LogP contribution < -0.4 is 0 Å². The topological polar surface area (TPSA) is 78.9 Å². The second kappa shape index (κ2) is 7.04. The average molecular weight is 345 g/mol. The third-order valence-corrected chi connectivity index (χ3v) is 3.10. The van der Waals surface area contributed by atoms with Gasteiger partial charge in [0.05, 0.1) is 26.9 Å². The molecule has 0 radical (unpaired) electrons. The first-order valence-corrected chi connectivity index (χ1v) is 6.29. The van der Waals surface area contributed by atoms with E-state index in [2.05, 4.69) is 30.1 Å². The van der Waals surface area contributed by atoms with Crippen molar-refractivity contribution in [2.24, 2.45) is 0 Å². The zero-order valence-electron chi connectivity index (χ0n) is 11.1. The molecule has 1 aromatic carbocycles. The number of carbonyl (C=O) groups excluding carboxylic acids is 3. The van der Waals surface area contributed by atoms with Gasteiger partial charge in [-0.2, -0.15) is 0 Å². The molecule has 0 bridgehead atoms. The zero-order chi connectivity index (χ0) is 15.3. The van der Waals surface area contributed by atoms with Crippen molar-refractivity contribution < 1.29 is 28.6 Å². The van der Waals surface area contributed by atoms with Gasteiger partial charge < -0.3 is 14.2 Å². The highest BCUT2D eigenvalue weighted by molar-refractivity contribution is 9.10. The highest BCUT2D eigenvalue weighted by Gasteiger charge is 2.34. The smallest absolute Gasteiger partial charge is 0.338 e. The molecule has 0 N–H and O–H groups in total. The summed E-state index contributed by atoms with van der Waals surface area (Å²) in [5.41, 5.74) is 0.251. The number of rotatable bonds is 4. The van der Waals surface area contributed by atoms with Gasteiger partial charge in [0.2, 0.25) is 0 Å². The Balaban J connectivity index is 3.43. The number of carbonyl (C=O) groups is 3. The summed E-state index contributed by atoms with van der Waals surface area (Å²) in [6.07, 6.45) is 0. The first-order chi connectivity index (χ1) is 9.46. The van der Waals surface area contributed by atoms with Crippen molar-refractivity contribution in [3.63, 3.8) is 0 Å². The van der Waals surface area contributed by atoms with Gasteiger partial charge in [-0.25, -0.2) is 4.79 Å². The highest BCUT2D eigenvalue weighted by atomic mass is 79.9. The maximum absolute atomic E-state index is 11.8. The lowest BCUT2D eigenvalue weighted by atomic mass is 9.94. The number of halogens is 1. The molecule has 1 aromatic rings. The summed E-state index contributed by atoms with van der Waals surface area (Å²) in [7, 11) is 3.50. The van der Waals surface area contributed by atoms with Gasteiger partial charge in [0.25, 0.3) is 0 Å². The van der Waals surface area contributed by atoms with Crippen molar-refractivity contribution in [2.75, 3.05) is 21.3 Å². The highest BCUT2D eigenvalue weighted by Crippen LogP contribution is 2.26. The Morgan fingerprint density at radius 1 is 1.00 bits per heavy atom. The molecule has 0 aliphatic carbocycles. The Morgan fingerprint density at radius 2 is 1.55 bits per heavy atom. The molecule has 0 atom stereocenters. The van der Waals surface area contributed by atoms with Crippen molar-refractivity contribution >= 4 is 33.8 Å². The van der Waals surface area contributed by atoms with E-state index < -0.39 is 23.8 Å². The van der Waals surface area contributed by atoms with Crippen LogP contribution in [0.5, 0.6) is 0 Å². The Labute approximate surface area is 124 Å². The molecule has 0 unspecified atom stereocenters. The predicted molar refractivity (Wildman–Crippen MR) is 72.3 cm³/mol. The van der Waals surface area contributed by atoms with Crippen LogP contribution in [0.2, 0.25) is 0 Å². The van der Waals surface area contributed by atoms with Crippen LogP contribution >= 0.6 is 15.9 Å². The Hall–Kier alpha value is -1.89. The second-order valence-electron chi connectivity index (χ2n) is 3.70. The van der Waals surface area contributed by atoms with Gasteiger partial charge in [0.1, 0.15) is 0 Å². The second-order valence-corrected chi connectivity index (χ2v) is 4.62. The lowest BCUT2D eigenvalue weighted by Crippen LogP contribution is -2.26. The molecule has 0 fully saturated rings. The summed E-state index contributed by atoms with van der Waals surface area (Å²) in [6.45, 7) is 0. The van der Waals surface area contributed by atoms with E-state index in [0.29, 0.717) is 4.47 Å². The van der Waals surface area contributed by atoms with Crippen molar-refractivity contribution in [3.05, 3.63) is 33.8 Å². The minimum absolute atomic E-state index is 0.0858. The van der Waals surface area contributed by atoms with E-state index >= 15 is 0 Å². The summed E-state index contributed by atoms with van der Waals surface area (Å²) in [5.74, 6) is -3.64. The number of methoxy groups -OCH3 is 3. The van der Waals surface area contributed by atoms with Gasteiger partial charge in [-0.3, -0.25) is 9.59 Å². The standard InChI is InChI=1S/C13H13BrO6/c1-18-11(15)9-6-7(14)4-5-8(9)10(12(16)19-2)13(17)20-3/h4-6,10H,1-3H3.